The molecule has 0 N–H and O–H groups in total. The quantitative estimate of drug-likeness (QED) is 0.423. The lowest BCUT2D eigenvalue weighted by Gasteiger charge is -2.28. The normalized spacial score (nSPS) is 14.6. The lowest BCUT2D eigenvalue weighted by Crippen LogP contribution is -2.38. The van der Waals surface area contributed by atoms with Crippen LogP contribution in [0.15, 0.2) is 66.7 Å². The van der Waals surface area contributed by atoms with E-state index in [1.165, 1.54) is 23.8 Å². The third-order valence-corrected chi connectivity index (χ3v) is 6.27. The van der Waals surface area contributed by atoms with Crippen molar-refractivity contribution in [1.82, 2.24) is 4.90 Å². The Kier molecular flexibility index (Phi) is 5.63. The van der Waals surface area contributed by atoms with Gasteiger partial charge in [-0.2, -0.15) is 0 Å². The number of anilines is 1. The van der Waals surface area contributed by atoms with Gasteiger partial charge in [-0.15, -0.1) is 0 Å². The number of rotatable bonds is 4. The number of carbonyl (C=O) groups excluding carboxylic acids is 4. The van der Waals surface area contributed by atoms with E-state index in [-0.39, 0.29) is 22.6 Å². The van der Waals surface area contributed by atoms with Gasteiger partial charge in [-0.25, -0.2) is 9.69 Å². The van der Waals surface area contributed by atoms with Gasteiger partial charge in [-0.1, -0.05) is 35.9 Å². The van der Waals surface area contributed by atoms with Gasteiger partial charge in [0, 0.05) is 18.1 Å². The Morgan fingerprint density at radius 1 is 0.882 bits per heavy atom. The number of benzene rings is 3. The van der Waals surface area contributed by atoms with Crippen LogP contribution in [0, 0.1) is 0 Å². The highest BCUT2D eigenvalue weighted by atomic mass is 35.5. The minimum Gasteiger partial charge on any atom is -0.452 e. The first kappa shape index (κ1) is 21.9. The fourth-order valence-corrected chi connectivity index (χ4v) is 4.33. The second kappa shape index (κ2) is 8.76. The minimum absolute atomic E-state index is 0.0923. The van der Waals surface area contributed by atoms with Gasteiger partial charge in [0.15, 0.2) is 6.61 Å². The lowest BCUT2D eigenvalue weighted by molar-refractivity contribution is -0.135. The van der Waals surface area contributed by atoms with Crippen LogP contribution in [0.1, 0.15) is 42.2 Å². The van der Waals surface area contributed by atoms with Crippen LogP contribution in [0.25, 0.3) is 0 Å². The van der Waals surface area contributed by atoms with Crippen molar-refractivity contribution in [2.24, 2.45) is 0 Å². The van der Waals surface area contributed by atoms with Crippen molar-refractivity contribution < 1.29 is 23.9 Å². The smallest absolute Gasteiger partial charge is 0.338 e. The Hall–Kier alpha value is -3.97. The molecule has 0 bridgehead atoms. The van der Waals surface area contributed by atoms with Crippen LogP contribution in [0.3, 0.4) is 0 Å². The topological polar surface area (TPSA) is 84.0 Å². The van der Waals surface area contributed by atoms with Gasteiger partial charge >= 0.3 is 5.97 Å². The van der Waals surface area contributed by atoms with Crippen molar-refractivity contribution in [2.75, 3.05) is 18.1 Å². The number of hydrogen-bond acceptors (Lipinski definition) is 5. The zero-order chi connectivity index (χ0) is 23.8. The first-order chi connectivity index (χ1) is 16.4. The van der Waals surface area contributed by atoms with Crippen LogP contribution in [-0.4, -0.2) is 41.7 Å². The highest BCUT2D eigenvalue weighted by Gasteiger charge is 2.37. The van der Waals surface area contributed by atoms with E-state index in [1.54, 1.807) is 29.2 Å². The molecule has 0 saturated carbocycles. The molecule has 0 aliphatic carbocycles. The fraction of sp³-hybridized carbons (Fsp3) is 0.154. The molecule has 0 saturated heterocycles. The SMILES string of the molecule is O=C(OCC(=O)N1CCc2ccccc2C1)c1ccc2c(c1)C(=O)N(c1ccc(Cl)cc1)C2=O. The maximum Gasteiger partial charge on any atom is 0.338 e. The summed E-state index contributed by atoms with van der Waals surface area (Å²) in [5, 5.41) is 0.480. The van der Waals surface area contributed by atoms with Crippen LogP contribution < -0.4 is 4.90 Å². The molecule has 0 aromatic heterocycles. The fourth-order valence-electron chi connectivity index (χ4n) is 4.20. The van der Waals surface area contributed by atoms with E-state index in [0.29, 0.717) is 23.8 Å². The third-order valence-electron chi connectivity index (χ3n) is 6.02. The molecular formula is C26H19ClN2O5. The molecule has 2 heterocycles. The van der Waals surface area contributed by atoms with Crippen molar-refractivity contribution in [2.45, 2.75) is 13.0 Å². The molecule has 2 aliphatic heterocycles. The van der Waals surface area contributed by atoms with E-state index in [4.69, 9.17) is 16.3 Å². The molecule has 0 unspecified atom stereocenters. The molecule has 170 valence electrons. The first-order valence-electron chi connectivity index (χ1n) is 10.7. The van der Waals surface area contributed by atoms with E-state index in [1.807, 2.05) is 24.3 Å². The molecule has 0 atom stereocenters. The molecule has 8 heteroatoms. The molecule has 34 heavy (non-hydrogen) atoms. The second-order valence-corrected chi connectivity index (χ2v) is 8.53. The summed E-state index contributed by atoms with van der Waals surface area (Å²) in [5.74, 6) is -2.05. The molecule has 7 nitrogen and oxygen atoms in total. The first-order valence-corrected chi connectivity index (χ1v) is 11.1. The van der Waals surface area contributed by atoms with E-state index < -0.39 is 24.4 Å². The number of esters is 1. The van der Waals surface area contributed by atoms with E-state index >= 15 is 0 Å². The predicted molar refractivity (Wildman–Crippen MR) is 125 cm³/mol. The number of carbonyl (C=O) groups is 4. The zero-order valence-electron chi connectivity index (χ0n) is 18.0. The van der Waals surface area contributed by atoms with Crippen LogP contribution in [0.5, 0.6) is 0 Å². The Morgan fingerprint density at radius 2 is 1.59 bits per heavy atom. The monoisotopic (exact) mass is 474 g/mol. The molecule has 0 radical (unpaired) electrons. The Balaban J connectivity index is 1.26. The molecule has 3 aromatic rings. The largest absolute Gasteiger partial charge is 0.452 e. The molecule has 0 fully saturated rings. The average molecular weight is 475 g/mol. The maximum absolute atomic E-state index is 12.9. The summed E-state index contributed by atoms with van der Waals surface area (Å²) in [6.45, 7) is 0.633. The van der Waals surface area contributed by atoms with Gasteiger partial charge in [0.25, 0.3) is 17.7 Å². The van der Waals surface area contributed by atoms with E-state index in [0.717, 1.165) is 16.9 Å². The number of ether oxygens (including phenoxy) is 1. The number of amides is 3. The van der Waals surface area contributed by atoms with E-state index in [9.17, 15) is 19.2 Å². The molecule has 3 amide bonds. The van der Waals surface area contributed by atoms with Gasteiger partial charge < -0.3 is 9.64 Å². The van der Waals surface area contributed by atoms with Gasteiger partial charge in [0.2, 0.25) is 0 Å². The zero-order valence-corrected chi connectivity index (χ0v) is 18.7. The number of halogens is 1. The third kappa shape index (κ3) is 3.95. The summed E-state index contributed by atoms with van der Waals surface area (Å²) >= 11 is 5.89. The molecular weight excluding hydrogens is 456 g/mol. The minimum atomic E-state index is -0.737. The van der Waals surface area contributed by atoms with Crippen molar-refractivity contribution in [1.29, 1.82) is 0 Å². The van der Waals surface area contributed by atoms with Crippen molar-refractivity contribution in [3.63, 3.8) is 0 Å². The molecule has 3 aromatic carbocycles. The Morgan fingerprint density at radius 3 is 2.35 bits per heavy atom. The summed E-state index contributed by atoms with van der Waals surface area (Å²) in [4.78, 5) is 53.5. The number of nitrogens with zero attached hydrogens (tertiary/aromatic N) is 2. The van der Waals surface area contributed by atoms with Gasteiger partial charge in [0.1, 0.15) is 0 Å². The van der Waals surface area contributed by atoms with Crippen LogP contribution in [-0.2, 0) is 22.5 Å². The summed E-state index contributed by atoms with van der Waals surface area (Å²) in [5.41, 5.74) is 3.07. The lowest BCUT2D eigenvalue weighted by atomic mass is 10.00. The van der Waals surface area contributed by atoms with Gasteiger partial charge in [-0.05, 0) is 60.0 Å². The summed E-state index contributed by atoms with van der Waals surface area (Å²) in [6, 6.07) is 18.4. The highest BCUT2D eigenvalue weighted by Crippen LogP contribution is 2.30. The summed E-state index contributed by atoms with van der Waals surface area (Å²) in [6.07, 6.45) is 0.751. The van der Waals surface area contributed by atoms with Crippen LogP contribution in [0.4, 0.5) is 5.69 Å². The van der Waals surface area contributed by atoms with Crippen LogP contribution >= 0.6 is 11.6 Å². The Bertz CT molecular complexity index is 1340. The molecule has 0 spiro atoms. The van der Waals surface area contributed by atoms with E-state index in [2.05, 4.69) is 0 Å². The Labute approximate surface area is 200 Å². The van der Waals surface area contributed by atoms with Crippen molar-refractivity contribution in [3.8, 4) is 0 Å². The number of imide groups is 1. The van der Waals surface area contributed by atoms with Crippen molar-refractivity contribution in [3.05, 3.63) is 99.6 Å². The standard InChI is InChI=1S/C26H19ClN2O5/c27-19-6-8-20(9-7-19)29-24(31)21-10-5-17(13-22(21)25(29)32)26(33)34-15-23(30)28-12-11-16-3-1-2-4-18(16)14-28/h1-10,13H,11-12,14-15H2. The molecule has 2 aliphatic rings. The summed E-state index contributed by atoms with van der Waals surface area (Å²) in [7, 11) is 0. The second-order valence-electron chi connectivity index (χ2n) is 8.09. The number of hydrogen-bond donors (Lipinski definition) is 0. The van der Waals surface area contributed by atoms with Crippen LogP contribution in [0.2, 0.25) is 5.02 Å². The maximum atomic E-state index is 12.9. The highest BCUT2D eigenvalue weighted by molar-refractivity contribution is 6.35. The van der Waals surface area contributed by atoms with Gasteiger partial charge in [0.05, 0.1) is 22.4 Å². The summed E-state index contributed by atoms with van der Waals surface area (Å²) < 4.78 is 5.22. The van der Waals surface area contributed by atoms with Crippen molar-refractivity contribution >= 4 is 41.0 Å². The average Bonchev–Trinajstić information content (AvgIpc) is 3.11. The predicted octanol–water partition coefficient (Wildman–Crippen LogP) is 3.88. The number of fused-ring (bicyclic) bond motifs is 2. The van der Waals surface area contributed by atoms with Gasteiger partial charge in [-0.3, -0.25) is 14.4 Å². The molecule has 5 rings (SSSR count).